The van der Waals surface area contributed by atoms with E-state index in [9.17, 15) is 19.2 Å². The first-order valence-corrected chi connectivity index (χ1v) is 8.82. The average Bonchev–Trinajstić information content (AvgIpc) is 2.57. The Labute approximate surface area is 164 Å². The molecule has 0 unspecified atom stereocenters. The molecule has 0 radical (unpaired) electrons. The standard InChI is InChI=1S/C19H27N3O6/c1-12(2)27-17(25)14(11-13-9-7-6-8-10-13)20-15(23)16(24)21-22-18(26)28-19(3,4)5/h6-10,12,14H,11H2,1-5H3,(H,20,23)(H,21,24)(H,22,26)/t14-/m0/s1. The zero-order valence-corrected chi connectivity index (χ0v) is 16.7. The van der Waals surface area contributed by atoms with Crippen LogP contribution in [0.5, 0.6) is 0 Å². The molecule has 0 bridgehead atoms. The van der Waals surface area contributed by atoms with Crippen LogP contribution in [0.15, 0.2) is 30.3 Å². The van der Waals surface area contributed by atoms with Crippen molar-refractivity contribution in [2.45, 2.75) is 58.8 Å². The molecule has 0 saturated heterocycles. The molecule has 9 heteroatoms. The molecule has 28 heavy (non-hydrogen) atoms. The van der Waals surface area contributed by atoms with E-state index in [1.54, 1.807) is 58.9 Å². The fraction of sp³-hybridized carbons (Fsp3) is 0.474. The molecule has 1 rings (SSSR count). The Morgan fingerprint density at radius 1 is 0.964 bits per heavy atom. The van der Waals surface area contributed by atoms with Crippen LogP contribution in [0.4, 0.5) is 4.79 Å². The van der Waals surface area contributed by atoms with E-state index < -0.39 is 35.5 Å². The van der Waals surface area contributed by atoms with Crippen LogP contribution < -0.4 is 16.2 Å². The largest absolute Gasteiger partial charge is 0.461 e. The second-order valence-electron chi connectivity index (χ2n) is 7.28. The van der Waals surface area contributed by atoms with Gasteiger partial charge >= 0.3 is 23.9 Å². The maximum Gasteiger partial charge on any atom is 0.426 e. The number of carbonyl (C=O) groups is 4. The minimum Gasteiger partial charge on any atom is -0.461 e. The van der Waals surface area contributed by atoms with Crippen LogP contribution in [0.3, 0.4) is 0 Å². The molecule has 3 amide bonds. The molecule has 9 nitrogen and oxygen atoms in total. The molecule has 0 fully saturated rings. The van der Waals surface area contributed by atoms with E-state index in [0.29, 0.717) is 0 Å². The predicted octanol–water partition coefficient (Wildman–Crippen LogP) is 1.22. The van der Waals surface area contributed by atoms with Crippen molar-refractivity contribution in [3.63, 3.8) is 0 Å². The highest BCUT2D eigenvalue weighted by atomic mass is 16.6. The lowest BCUT2D eigenvalue weighted by Crippen LogP contribution is -2.53. The van der Waals surface area contributed by atoms with Crippen LogP contribution in [0, 0.1) is 0 Å². The zero-order valence-electron chi connectivity index (χ0n) is 16.7. The van der Waals surface area contributed by atoms with Gasteiger partial charge in [-0.25, -0.2) is 15.0 Å². The van der Waals surface area contributed by atoms with Crippen molar-refractivity contribution in [3.8, 4) is 0 Å². The lowest BCUT2D eigenvalue weighted by Gasteiger charge is -2.20. The summed E-state index contributed by atoms with van der Waals surface area (Å²) in [5.41, 5.74) is 3.91. The van der Waals surface area contributed by atoms with Crippen molar-refractivity contribution in [1.29, 1.82) is 0 Å². The maximum atomic E-state index is 12.3. The summed E-state index contributed by atoms with van der Waals surface area (Å²) in [5, 5.41) is 2.32. The van der Waals surface area contributed by atoms with E-state index >= 15 is 0 Å². The average molecular weight is 393 g/mol. The molecule has 0 aliphatic heterocycles. The number of nitrogens with one attached hydrogen (secondary N) is 3. The summed E-state index contributed by atoms with van der Waals surface area (Å²) in [6, 6.07) is 7.90. The fourth-order valence-corrected chi connectivity index (χ4v) is 2.05. The summed E-state index contributed by atoms with van der Waals surface area (Å²) in [7, 11) is 0. The van der Waals surface area contributed by atoms with Crippen LogP contribution in [0.2, 0.25) is 0 Å². The molecule has 154 valence electrons. The number of benzene rings is 1. The molecule has 1 aromatic rings. The van der Waals surface area contributed by atoms with E-state index in [-0.39, 0.29) is 12.5 Å². The highest BCUT2D eigenvalue weighted by Gasteiger charge is 2.27. The third-order valence-electron chi connectivity index (χ3n) is 3.11. The molecule has 0 heterocycles. The second kappa shape index (κ2) is 10.3. The first-order valence-electron chi connectivity index (χ1n) is 8.82. The molecule has 0 saturated carbocycles. The summed E-state index contributed by atoms with van der Waals surface area (Å²) in [4.78, 5) is 47.8. The van der Waals surface area contributed by atoms with Gasteiger partial charge in [-0.15, -0.1) is 0 Å². The summed E-state index contributed by atoms with van der Waals surface area (Å²) >= 11 is 0. The van der Waals surface area contributed by atoms with Gasteiger partial charge in [0.05, 0.1) is 6.10 Å². The summed E-state index contributed by atoms with van der Waals surface area (Å²) in [6.45, 7) is 8.30. The van der Waals surface area contributed by atoms with Gasteiger partial charge < -0.3 is 14.8 Å². The minimum absolute atomic E-state index is 0.144. The number of amides is 3. The van der Waals surface area contributed by atoms with Gasteiger partial charge in [-0.1, -0.05) is 30.3 Å². The van der Waals surface area contributed by atoms with Gasteiger partial charge in [-0.2, -0.15) is 0 Å². The second-order valence-corrected chi connectivity index (χ2v) is 7.28. The van der Waals surface area contributed by atoms with Crippen molar-refractivity contribution in [3.05, 3.63) is 35.9 Å². The number of hydrogen-bond acceptors (Lipinski definition) is 6. The maximum absolute atomic E-state index is 12.3. The number of hydrazine groups is 1. The Bertz CT molecular complexity index is 697. The van der Waals surface area contributed by atoms with Crippen molar-refractivity contribution < 1.29 is 28.7 Å². The van der Waals surface area contributed by atoms with Crippen molar-refractivity contribution >= 4 is 23.9 Å². The molecular formula is C19H27N3O6. The summed E-state index contributed by atoms with van der Waals surface area (Å²) in [5.74, 6) is -2.92. The molecular weight excluding hydrogens is 366 g/mol. The predicted molar refractivity (Wildman–Crippen MR) is 101 cm³/mol. The quantitative estimate of drug-likeness (QED) is 0.393. The van der Waals surface area contributed by atoms with Gasteiger partial charge in [0.2, 0.25) is 0 Å². The van der Waals surface area contributed by atoms with Crippen molar-refractivity contribution in [2.24, 2.45) is 0 Å². The van der Waals surface area contributed by atoms with Crippen LogP contribution in [0.25, 0.3) is 0 Å². The Hall–Kier alpha value is -3.10. The molecule has 0 aliphatic carbocycles. The highest BCUT2D eigenvalue weighted by Crippen LogP contribution is 2.07. The van der Waals surface area contributed by atoms with Crippen LogP contribution in [-0.2, 0) is 30.3 Å². The minimum atomic E-state index is -1.15. The number of hydrogen-bond donors (Lipinski definition) is 3. The van der Waals surface area contributed by atoms with E-state index in [1.807, 2.05) is 16.9 Å². The zero-order chi connectivity index (χ0) is 21.3. The van der Waals surface area contributed by atoms with Gasteiger partial charge in [0.25, 0.3) is 0 Å². The third-order valence-corrected chi connectivity index (χ3v) is 3.11. The Morgan fingerprint density at radius 3 is 2.11 bits per heavy atom. The molecule has 1 aromatic carbocycles. The molecule has 3 N–H and O–H groups in total. The molecule has 1 atom stereocenters. The SMILES string of the molecule is CC(C)OC(=O)[C@H](Cc1ccccc1)NC(=O)C(=O)NNC(=O)OC(C)(C)C. The summed E-state index contributed by atoms with van der Waals surface area (Å²) in [6.07, 6.45) is -1.16. The highest BCUT2D eigenvalue weighted by molar-refractivity contribution is 6.35. The van der Waals surface area contributed by atoms with Gasteiger partial charge in [0.15, 0.2) is 0 Å². The van der Waals surface area contributed by atoms with Crippen LogP contribution in [0.1, 0.15) is 40.2 Å². The first kappa shape index (κ1) is 22.9. The lowest BCUT2D eigenvalue weighted by molar-refractivity contribution is -0.152. The van der Waals surface area contributed by atoms with Crippen molar-refractivity contribution in [2.75, 3.05) is 0 Å². The fourth-order valence-electron chi connectivity index (χ4n) is 2.05. The van der Waals surface area contributed by atoms with Gasteiger partial charge in [-0.05, 0) is 40.2 Å². The Morgan fingerprint density at radius 2 is 1.57 bits per heavy atom. The normalized spacial score (nSPS) is 11.9. The molecule has 0 aromatic heterocycles. The monoisotopic (exact) mass is 393 g/mol. The van der Waals surface area contributed by atoms with Gasteiger partial charge in [-0.3, -0.25) is 15.0 Å². The van der Waals surface area contributed by atoms with E-state index in [1.165, 1.54) is 0 Å². The van der Waals surface area contributed by atoms with Gasteiger partial charge in [0, 0.05) is 6.42 Å². The number of rotatable bonds is 5. The number of esters is 1. The molecule has 0 aliphatic rings. The van der Waals surface area contributed by atoms with Crippen LogP contribution >= 0.6 is 0 Å². The third kappa shape index (κ3) is 9.02. The Balaban J connectivity index is 2.70. The summed E-state index contributed by atoms with van der Waals surface area (Å²) < 4.78 is 10.1. The first-order chi connectivity index (χ1) is 13.0. The Kier molecular flexibility index (Phi) is 8.43. The number of ether oxygens (including phenoxy) is 2. The lowest BCUT2D eigenvalue weighted by atomic mass is 10.1. The molecule has 0 spiro atoms. The van der Waals surface area contributed by atoms with Gasteiger partial charge in [0.1, 0.15) is 11.6 Å². The topological polar surface area (TPSA) is 123 Å². The van der Waals surface area contributed by atoms with Crippen LogP contribution in [-0.4, -0.2) is 41.6 Å². The van der Waals surface area contributed by atoms with E-state index in [2.05, 4.69) is 5.32 Å². The van der Waals surface area contributed by atoms with Crippen molar-refractivity contribution in [1.82, 2.24) is 16.2 Å². The van der Waals surface area contributed by atoms with E-state index in [4.69, 9.17) is 9.47 Å². The van der Waals surface area contributed by atoms with E-state index in [0.717, 1.165) is 5.56 Å². The smallest absolute Gasteiger partial charge is 0.426 e. The number of carbonyl (C=O) groups excluding carboxylic acids is 4.